The first kappa shape index (κ1) is 19.6. The maximum Gasteiger partial charge on any atom is 0.224 e. The number of aromatic nitrogens is 2. The molecular formula is C24H30N4O. The van der Waals surface area contributed by atoms with Gasteiger partial charge >= 0.3 is 0 Å². The number of rotatable bonds is 6. The van der Waals surface area contributed by atoms with Gasteiger partial charge in [-0.25, -0.2) is 4.98 Å². The number of imidazole rings is 1. The highest BCUT2D eigenvalue weighted by Gasteiger charge is 2.21. The maximum atomic E-state index is 12.3. The SMILES string of the molecule is Cc1cccc(NC(=O)CCC2CCN(Cc3nc(C)n4ccccc34)CC2)c1. The van der Waals surface area contributed by atoms with Crippen molar-refractivity contribution in [2.24, 2.45) is 5.92 Å². The molecule has 29 heavy (non-hydrogen) atoms. The van der Waals surface area contributed by atoms with Crippen LogP contribution in [0.3, 0.4) is 0 Å². The molecule has 0 bridgehead atoms. The normalized spacial score (nSPS) is 15.7. The van der Waals surface area contributed by atoms with Crippen LogP contribution in [0.25, 0.3) is 5.52 Å². The van der Waals surface area contributed by atoms with Crippen molar-refractivity contribution >= 4 is 17.1 Å². The van der Waals surface area contributed by atoms with E-state index in [2.05, 4.69) is 39.9 Å². The Balaban J connectivity index is 1.24. The summed E-state index contributed by atoms with van der Waals surface area (Å²) in [5.41, 5.74) is 4.43. The van der Waals surface area contributed by atoms with Crippen molar-refractivity contribution in [1.82, 2.24) is 14.3 Å². The number of hydrogen-bond acceptors (Lipinski definition) is 3. The fourth-order valence-electron chi connectivity index (χ4n) is 4.31. The molecule has 1 fully saturated rings. The minimum Gasteiger partial charge on any atom is -0.326 e. The van der Waals surface area contributed by atoms with Gasteiger partial charge < -0.3 is 9.72 Å². The van der Waals surface area contributed by atoms with Crippen molar-refractivity contribution in [2.45, 2.75) is 46.1 Å². The van der Waals surface area contributed by atoms with Gasteiger partial charge in [-0.15, -0.1) is 0 Å². The molecule has 3 aromatic rings. The van der Waals surface area contributed by atoms with Crippen LogP contribution >= 0.6 is 0 Å². The van der Waals surface area contributed by atoms with E-state index in [1.165, 1.54) is 11.2 Å². The van der Waals surface area contributed by atoms with Crippen molar-refractivity contribution in [3.05, 3.63) is 65.7 Å². The quantitative estimate of drug-likeness (QED) is 0.670. The number of aryl methyl sites for hydroxylation is 2. The first-order valence-corrected chi connectivity index (χ1v) is 10.6. The average molecular weight is 391 g/mol. The number of benzene rings is 1. The van der Waals surface area contributed by atoms with E-state index in [4.69, 9.17) is 4.98 Å². The number of nitrogens with one attached hydrogen (secondary N) is 1. The smallest absolute Gasteiger partial charge is 0.224 e. The highest BCUT2D eigenvalue weighted by molar-refractivity contribution is 5.90. The van der Waals surface area contributed by atoms with Crippen LogP contribution in [0, 0.1) is 19.8 Å². The Bertz CT molecular complexity index is 985. The van der Waals surface area contributed by atoms with Crippen LogP contribution in [-0.2, 0) is 11.3 Å². The van der Waals surface area contributed by atoms with Crippen LogP contribution in [0.1, 0.15) is 42.8 Å². The van der Waals surface area contributed by atoms with Gasteiger partial charge in [0.2, 0.25) is 5.91 Å². The third-order valence-electron chi connectivity index (χ3n) is 5.96. The monoisotopic (exact) mass is 390 g/mol. The van der Waals surface area contributed by atoms with E-state index in [0.29, 0.717) is 12.3 Å². The predicted molar refractivity (Wildman–Crippen MR) is 117 cm³/mol. The molecule has 1 aromatic carbocycles. The van der Waals surface area contributed by atoms with Gasteiger partial charge in [-0.1, -0.05) is 18.2 Å². The first-order valence-electron chi connectivity index (χ1n) is 10.6. The molecule has 1 aliphatic heterocycles. The van der Waals surface area contributed by atoms with Gasteiger partial charge in [-0.2, -0.15) is 0 Å². The Labute approximate surface area is 172 Å². The average Bonchev–Trinajstić information content (AvgIpc) is 3.03. The van der Waals surface area contributed by atoms with Crippen molar-refractivity contribution < 1.29 is 4.79 Å². The number of carbonyl (C=O) groups excluding carboxylic acids is 1. The zero-order valence-corrected chi connectivity index (χ0v) is 17.4. The Kier molecular flexibility index (Phi) is 5.95. The number of piperidine rings is 1. The zero-order chi connectivity index (χ0) is 20.2. The second-order valence-electron chi connectivity index (χ2n) is 8.24. The zero-order valence-electron chi connectivity index (χ0n) is 17.4. The molecule has 0 spiro atoms. The van der Waals surface area contributed by atoms with Gasteiger partial charge in [-0.3, -0.25) is 9.69 Å². The van der Waals surface area contributed by atoms with Crippen LogP contribution in [0.5, 0.6) is 0 Å². The van der Waals surface area contributed by atoms with E-state index in [1.807, 2.05) is 37.3 Å². The highest BCUT2D eigenvalue weighted by atomic mass is 16.1. The van der Waals surface area contributed by atoms with Gasteiger partial charge in [0.1, 0.15) is 5.82 Å². The van der Waals surface area contributed by atoms with Gasteiger partial charge in [0.05, 0.1) is 11.2 Å². The standard InChI is InChI=1S/C24H30N4O/c1-18-6-5-7-21(16-18)26-24(29)10-9-20-11-14-27(15-12-20)17-22-23-8-3-4-13-28(23)19(2)25-22/h3-8,13,16,20H,9-12,14-15,17H2,1-2H3,(H,26,29). The second-order valence-corrected chi connectivity index (χ2v) is 8.24. The van der Waals surface area contributed by atoms with Gasteiger partial charge in [0.15, 0.2) is 0 Å². The van der Waals surface area contributed by atoms with E-state index in [1.54, 1.807) is 0 Å². The molecule has 152 valence electrons. The van der Waals surface area contributed by atoms with Crippen LogP contribution < -0.4 is 5.32 Å². The molecule has 2 aromatic heterocycles. The predicted octanol–water partition coefficient (Wildman–Crippen LogP) is 4.58. The second kappa shape index (κ2) is 8.78. The summed E-state index contributed by atoms with van der Waals surface area (Å²) >= 11 is 0. The lowest BCUT2D eigenvalue weighted by atomic mass is 9.92. The van der Waals surface area contributed by atoms with Gasteiger partial charge in [0, 0.05) is 24.8 Å². The fraction of sp³-hybridized carbons (Fsp3) is 0.417. The molecule has 0 radical (unpaired) electrons. The molecule has 1 N–H and O–H groups in total. The lowest BCUT2D eigenvalue weighted by Crippen LogP contribution is -2.33. The molecule has 1 saturated heterocycles. The number of fused-ring (bicyclic) bond motifs is 1. The molecule has 0 atom stereocenters. The van der Waals surface area contributed by atoms with Gasteiger partial charge in [-0.05, 0) is 81.9 Å². The van der Waals surface area contributed by atoms with Crippen LogP contribution in [0.15, 0.2) is 48.7 Å². The highest BCUT2D eigenvalue weighted by Crippen LogP contribution is 2.24. The molecule has 5 nitrogen and oxygen atoms in total. The van der Waals surface area contributed by atoms with Crippen molar-refractivity contribution in [3.8, 4) is 0 Å². The van der Waals surface area contributed by atoms with E-state index in [-0.39, 0.29) is 5.91 Å². The lowest BCUT2D eigenvalue weighted by Gasteiger charge is -2.31. The molecule has 3 heterocycles. The molecule has 4 rings (SSSR count). The first-order chi connectivity index (χ1) is 14.1. The summed E-state index contributed by atoms with van der Waals surface area (Å²) in [7, 11) is 0. The number of hydrogen-bond donors (Lipinski definition) is 1. The van der Waals surface area contributed by atoms with Crippen molar-refractivity contribution in [3.63, 3.8) is 0 Å². The minimum absolute atomic E-state index is 0.123. The third kappa shape index (κ3) is 4.85. The Morgan fingerprint density at radius 3 is 2.76 bits per heavy atom. The van der Waals surface area contributed by atoms with E-state index in [0.717, 1.165) is 56.0 Å². The molecule has 0 unspecified atom stereocenters. The minimum atomic E-state index is 0.123. The summed E-state index contributed by atoms with van der Waals surface area (Å²) in [6.45, 7) is 7.16. The number of pyridine rings is 1. The van der Waals surface area contributed by atoms with Crippen molar-refractivity contribution in [1.29, 1.82) is 0 Å². The summed E-state index contributed by atoms with van der Waals surface area (Å²) in [4.78, 5) is 19.5. The summed E-state index contributed by atoms with van der Waals surface area (Å²) in [5, 5.41) is 3.02. The van der Waals surface area contributed by atoms with Crippen LogP contribution in [0.4, 0.5) is 5.69 Å². The van der Waals surface area contributed by atoms with Crippen LogP contribution in [0.2, 0.25) is 0 Å². The van der Waals surface area contributed by atoms with E-state index < -0.39 is 0 Å². The van der Waals surface area contributed by atoms with Gasteiger partial charge in [0.25, 0.3) is 0 Å². The molecule has 5 heteroatoms. The van der Waals surface area contributed by atoms with Crippen LogP contribution in [-0.4, -0.2) is 33.3 Å². The molecular weight excluding hydrogens is 360 g/mol. The summed E-state index contributed by atoms with van der Waals surface area (Å²) in [6, 6.07) is 14.3. The Morgan fingerprint density at radius 2 is 1.97 bits per heavy atom. The van der Waals surface area contributed by atoms with Crippen molar-refractivity contribution in [2.75, 3.05) is 18.4 Å². The number of anilines is 1. The third-order valence-corrected chi connectivity index (χ3v) is 5.96. The largest absolute Gasteiger partial charge is 0.326 e. The van der Waals surface area contributed by atoms with E-state index >= 15 is 0 Å². The topological polar surface area (TPSA) is 49.6 Å². The molecule has 0 saturated carbocycles. The van der Waals surface area contributed by atoms with E-state index in [9.17, 15) is 4.79 Å². The number of amides is 1. The Hall–Kier alpha value is -2.66. The number of carbonyl (C=O) groups is 1. The molecule has 0 aliphatic carbocycles. The number of nitrogens with zero attached hydrogens (tertiary/aromatic N) is 3. The molecule has 1 amide bonds. The summed E-state index contributed by atoms with van der Waals surface area (Å²) in [6.07, 6.45) is 5.96. The summed E-state index contributed by atoms with van der Waals surface area (Å²) in [5.74, 6) is 1.80. The summed E-state index contributed by atoms with van der Waals surface area (Å²) < 4.78 is 2.16. The fourth-order valence-corrected chi connectivity index (χ4v) is 4.31. The lowest BCUT2D eigenvalue weighted by molar-refractivity contribution is -0.116. The molecule has 1 aliphatic rings. The Morgan fingerprint density at radius 1 is 1.14 bits per heavy atom. The number of likely N-dealkylation sites (tertiary alicyclic amines) is 1. The maximum absolute atomic E-state index is 12.3.